The van der Waals surface area contributed by atoms with E-state index in [1.165, 1.54) is 6.08 Å². The van der Waals surface area contributed by atoms with Gasteiger partial charge in [0.2, 0.25) is 5.91 Å². The zero-order valence-electron chi connectivity index (χ0n) is 11.4. The molecule has 5 heteroatoms. The van der Waals surface area contributed by atoms with E-state index in [-0.39, 0.29) is 5.91 Å². The summed E-state index contributed by atoms with van der Waals surface area (Å²) in [5.41, 5.74) is 8.35. The monoisotopic (exact) mass is 270 g/mol. The molecule has 0 spiro atoms. The first-order valence-electron chi connectivity index (χ1n) is 6.43. The van der Waals surface area contributed by atoms with E-state index in [0.29, 0.717) is 12.2 Å². The summed E-state index contributed by atoms with van der Waals surface area (Å²) in [5.74, 6) is -0.116. The van der Waals surface area contributed by atoms with Gasteiger partial charge in [0.25, 0.3) is 0 Å². The van der Waals surface area contributed by atoms with Crippen LogP contribution < -0.4 is 11.1 Å². The molecule has 0 saturated carbocycles. The van der Waals surface area contributed by atoms with Crippen LogP contribution in [0.25, 0.3) is 6.08 Å². The topological polar surface area (TPSA) is 72.9 Å². The summed E-state index contributed by atoms with van der Waals surface area (Å²) in [7, 11) is 1.89. The Kier molecular flexibility index (Phi) is 4.55. The minimum Gasteiger partial charge on any atom is -0.399 e. The Morgan fingerprint density at radius 1 is 1.45 bits per heavy atom. The number of aromatic nitrogens is 2. The quantitative estimate of drug-likeness (QED) is 0.636. The predicted octanol–water partition coefficient (Wildman–Crippen LogP) is 1.37. The first-order valence-corrected chi connectivity index (χ1v) is 6.43. The third-order valence-corrected chi connectivity index (χ3v) is 2.94. The second kappa shape index (κ2) is 6.56. The molecule has 0 aliphatic carbocycles. The molecule has 1 aromatic heterocycles. The second-order valence-corrected chi connectivity index (χ2v) is 4.49. The second-order valence-electron chi connectivity index (χ2n) is 4.49. The Morgan fingerprint density at radius 3 is 3.00 bits per heavy atom. The Balaban J connectivity index is 1.79. The summed E-state index contributed by atoms with van der Waals surface area (Å²) in [6, 6.07) is 9.32. The molecule has 0 atom stereocenters. The van der Waals surface area contributed by atoms with Gasteiger partial charge >= 0.3 is 0 Å². The summed E-state index contributed by atoms with van der Waals surface area (Å²) in [5, 5.41) is 6.91. The molecule has 3 N–H and O–H groups in total. The molecule has 5 nitrogen and oxygen atoms in total. The zero-order valence-corrected chi connectivity index (χ0v) is 11.4. The zero-order chi connectivity index (χ0) is 14.4. The van der Waals surface area contributed by atoms with Crippen molar-refractivity contribution in [1.29, 1.82) is 0 Å². The molecule has 20 heavy (non-hydrogen) atoms. The van der Waals surface area contributed by atoms with Crippen molar-refractivity contribution in [2.24, 2.45) is 7.05 Å². The van der Waals surface area contributed by atoms with Crippen molar-refractivity contribution in [3.63, 3.8) is 0 Å². The van der Waals surface area contributed by atoms with E-state index in [4.69, 9.17) is 5.73 Å². The number of anilines is 1. The fourth-order valence-electron chi connectivity index (χ4n) is 1.85. The summed E-state index contributed by atoms with van der Waals surface area (Å²) in [4.78, 5) is 11.7. The van der Waals surface area contributed by atoms with Crippen LogP contribution in [-0.2, 0) is 18.3 Å². The number of hydrogen-bond donors (Lipinski definition) is 2. The van der Waals surface area contributed by atoms with Crippen molar-refractivity contribution >= 4 is 17.7 Å². The molecule has 1 amide bonds. The lowest BCUT2D eigenvalue weighted by Crippen LogP contribution is -2.24. The predicted molar refractivity (Wildman–Crippen MR) is 79.8 cm³/mol. The molecule has 2 aromatic rings. The van der Waals surface area contributed by atoms with Gasteiger partial charge in [0, 0.05) is 43.7 Å². The highest BCUT2D eigenvalue weighted by molar-refractivity contribution is 5.91. The van der Waals surface area contributed by atoms with Crippen LogP contribution in [0.1, 0.15) is 11.3 Å². The van der Waals surface area contributed by atoms with Gasteiger partial charge in [-0.25, -0.2) is 0 Å². The van der Waals surface area contributed by atoms with Gasteiger partial charge < -0.3 is 11.1 Å². The molecule has 0 bridgehead atoms. The molecule has 2 rings (SSSR count). The molecule has 104 valence electrons. The Bertz CT molecular complexity index is 616. The number of carbonyl (C=O) groups excluding carboxylic acids is 1. The Labute approximate surface area is 118 Å². The molecule has 0 saturated heterocycles. The maximum absolute atomic E-state index is 11.7. The van der Waals surface area contributed by atoms with Crippen LogP contribution in [0.4, 0.5) is 5.69 Å². The maximum Gasteiger partial charge on any atom is 0.244 e. The number of benzene rings is 1. The van der Waals surface area contributed by atoms with Crippen molar-refractivity contribution in [3.8, 4) is 0 Å². The standard InChI is InChI=1S/C15H18N4O/c1-19-14(8-10-18-19)7-9-17-15(20)6-5-12-3-2-4-13(16)11-12/h2-6,8,10-11H,7,9,16H2,1H3,(H,17,20)/b6-5+. The number of nitrogens with one attached hydrogen (secondary N) is 1. The van der Waals surface area contributed by atoms with Crippen LogP contribution in [0.5, 0.6) is 0 Å². The number of rotatable bonds is 5. The summed E-state index contributed by atoms with van der Waals surface area (Å²) in [6.45, 7) is 0.583. The third kappa shape index (κ3) is 3.98. The molecule has 1 aromatic carbocycles. The van der Waals surface area contributed by atoms with Crippen LogP contribution in [-0.4, -0.2) is 22.2 Å². The normalized spacial score (nSPS) is 10.8. The first kappa shape index (κ1) is 13.9. The smallest absolute Gasteiger partial charge is 0.244 e. The van der Waals surface area contributed by atoms with Crippen molar-refractivity contribution in [3.05, 3.63) is 53.9 Å². The highest BCUT2D eigenvalue weighted by atomic mass is 16.1. The molecule has 0 aliphatic heterocycles. The van der Waals surface area contributed by atoms with Gasteiger partial charge in [-0.3, -0.25) is 9.48 Å². The number of carbonyl (C=O) groups is 1. The number of amides is 1. The fraction of sp³-hybridized carbons (Fsp3) is 0.200. The van der Waals surface area contributed by atoms with Gasteiger partial charge in [0.1, 0.15) is 0 Å². The number of aryl methyl sites for hydroxylation is 1. The van der Waals surface area contributed by atoms with E-state index in [1.807, 2.05) is 37.4 Å². The van der Waals surface area contributed by atoms with E-state index >= 15 is 0 Å². The highest BCUT2D eigenvalue weighted by Gasteiger charge is 1.99. The van der Waals surface area contributed by atoms with E-state index in [9.17, 15) is 4.79 Å². The van der Waals surface area contributed by atoms with E-state index in [2.05, 4.69) is 10.4 Å². The lowest BCUT2D eigenvalue weighted by Gasteiger charge is -2.03. The van der Waals surface area contributed by atoms with Crippen LogP contribution in [0.15, 0.2) is 42.6 Å². The van der Waals surface area contributed by atoms with Crippen molar-refractivity contribution in [1.82, 2.24) is 15.1 Å². The molecule has 0 fully saturated rings. The molecule has 0 aliphatic rings. The number of hydrogen-bond acceptors (Lipinski definition) is 3. The maximum atomic E-state index is 11.7. The van der Waals surface area contributed by atoms with Gasteiger partial charge in [0.05, 0.1) is 0 Å². The van der Waals surface area contributed by atoms with Crippen LogP contribution in [0, 0.1) is 0 Å². The molecule has 0 unspecified atom stereocenters. The largest absolute Gasteiger partial charge is 0.399 e. The lowest BCUT2D eigenvalue weighted by atomic mass is 10.2. The van der Waals surface area contributed by atoms with Gasteiger partial charge in [-0.1, -0.05) is 12.1 Å². The molecular weight excluding hydrogens is 252 g/mol. The average Bonchev–Trinajstić information content (AvgIpc) is 2.82. The first-order chi connectivity index (χ1) is 9.65. The summed E-state index contributed by atoms with van der Waals surface area (Å²) < 4.78 is 1.80. The molecular formula is C15H18N4O. The average molecular weight is 270 g/mol. The minimum absolute atomic E-state index is 0.116. The summed E-state index contributed by atoms with van der Waals surface area (Å²) in [6.07, 6.45) is 5.76. The Morgan fingerprint density at radius 2 is 2.30 bits per heavy atom. The van der Waals surface area contributed by atoms with E-state index < -0.39 is 0 Å². The number of nitrogens with zero attached hydrogens (tertiary/aromatic N) is 2. The van der Waals surface area contributed by atoms with Gasteiger partial charge in [-0.2, -0.15) is 5.10 Å². The highest BCUT2D eigenvalue weighted by Crippen LogP contribution is 2.07. The SMILES string of the molecule is Cn1nccc1CCNC(=O)/C=C/c1cccc(N)c1. The molecule has 1 heterocycles. The fourth-order valence-corrected chi connectivity index (χ4v) is 1.85. The number of nitrogens with two attached hydrogens (primary N) is 1. The van der Waals surface area contributed by atoms with Crippen LogP contribution in [0.3, 0.4) is 0 Å². The van der Waals surface area contributed by atoms with E-state index in [0.717, 1.165) is 17.7 Å². The van der Waals surface area contributed by atoms with Gasteiger partial charge in [-0.15, -0.1) is 0 Å². The third-order valence-electron chi connectivity index (χ3n) is 2.94. The van der Waals surface area contributed by atoms with Crippen molar-refractivity contribution in [2.45, 2.75) is 6.42 Å². The molecule has 0 radical (unpaired) electrons. The van der Waals surface area contributed by atoms with Crippen molar-refractivity contribution in [2.75, 3.05) is 12.3 Å². The lowest BCUT2D eigenvalue weighted by molar-refractivity contribution is -0.116. The number of nitrogen functional groups attached to an aromatic ring is 1. The summed E-state index contributed by atoms with van der Waals surface area (Å²) >= 11 is 0. The van der Waals surface area contributed by atoms with E-state index in [1.54, 1.807) is 17.0 Å². The van der Waals surface area contributed by atoms with Crippen molar-refractivity contribution < 1.29 is 4.79 Å². The minimum atomic E-state index is -0.116. The van der Waals surface area contributed by atoms with Gasteiger partial charge in [-0.05, 0) is 29.8 Å². The van der Waals surface area contributed by atoms with Crippen LogP contribution >= 0.6 is 0 Å². The Hall–Kier alpha value is -2.56. The van der Waals surface area contributed by atoms with Crippen LogP contribution in [0.2, 0.25) is 0 Å². The van der Waals surface area contributed by atoms with Gasteiger partial charge in [0.15, 0.2) is 0 Å².